The van der Waals surface area contributed by atoms with Crippen molar-refractivity contribution in [3.8, 4) is 0 Å². The van der Waals surface area contributed by atoms with Crippen molar-refractivity contribution in [2.24, 2.45) is 0 Å². The second-order valence-electron chi connectivity index (χ2n) is 4.68. The van der Waals surface area contributed by atoms with Crippen LogP contribution >= 0.6 is 0 Å². The lowest BCUT2D eigenvalue weighted by Gasteiger charge is -2.24. The number of carbonyl (C=O) groups is 1. The number of pyridine rings is 1. The number of fused-ring (bicyclic) bond motifs is 1. The number of carbonyl (C=O) groups excluding carboxylic acids is 1. The third-order valence-electron chi connectivity index (χ3n) is 3.27. The summed E-state index contributed by atoms with van der Waals surface area (Å²) in [6.45, 7) is 2.74. The van der Waals surface area contributed by atoms with Gasteiger partial charge in [-0.25, -0.2) is 0 Å². The Kier molecular flexibility index (Phi) is 2.91. The van der Waals surface area contributed by atoms with Crippen molar-refractivity contribution < 1.29 is 4.79 Å². The molecule has 0 bridgehead atoms. The smallest absolute Gasteiger partial charge is 0.226 e. The second-order valence-corrected chi connectivity index (χ2v) is 4.68. The molecule has 0 fully saturated rings. The lowest BCUT2D eigenvalue weighted by Crippen LogP contribution is -2.18. The van der Waals surface area contributed by atoms with Crippen LogP contribution in [0.3, 0.4) is 0 Å². The second kappa shape index (κ2) is 4.72. The quantitative estimate of drug-likeness (QED) is 0.850. The van der Waals surface area contributed by atoms with Crippen molar-refractivity contribution in [1.82, 2.24) is 4.98 Å². The van der Waals surface area contributed by atoms with Gasteiger partial charge in [-0.2, -0.15) is 0 Å². The minimum Gasteiger partial charge on any atom is -0.339 e. The number of anilines is 3. The number of nitrogens with zero attached hydrogens (tertiary/aromatic N) is 2. The molecule has 1 aromatic heterocycles. The highest BCUT2D eigenvalue weighted by Gasteiger charge is 2.19. The molecule has 96 valence electrons. The fourth-order valence-corrected chi connectivity index (χ4v) is 2.26. The predicted molar refractivity (Wildman–Crippen MR) is 75.7 cm³/mol. The average Bonchev–Trinajstić information content (AvgIpc) is 2.58. The molecule has 0 unspecified atom stereocenters. The van der Waals surface area contributed by atoms with Gasteiger partial charge >= 0.3 is 0 Å². The maximum Gasteiger partial charge on any atom is 0.226 e. The molecule has 3 rings (SSSR count). The monoisotopic (exact) mass is 253 g/mol. The maximum atomic E-state index is 11.7. The fraction of sp³-hybridized carbons (Fsp3) is 0.200. The van der Waals surface area contributed by atoms with E-state index in [1.165, 1.54) is 5.56 Å². The largest absolute Gasteiger partial charge is 0.339 e. The first-order valence-corrected chi connectivity index (χ1v) is 6.32. The summed E-state index contributed by atoms with van der Waals surface area (Å²) in [7, 11) is 0. The minimum atomic E-state index is 0.0314. The predicted octanol–water partition coefficient (Wildman–Crippen LogP) is 2.87. The van der Waals surface area contributed by atoms with Gasteiger partial charge in [0, 0.05) is 24.8 Å². The van der Waals surface area contributed by atoms with Gasteiger partial charge in [0.2, 0.25) is 5.91 Å². The fourth-order valence-electron chi connectivity index (χ4n) is 2.26. The van der Waals surface area contributed by atoms with Gasteiger partial charge in [0.1, 0.15) is 0 Å². The van der Waals surface area contributed by atoms with Crippen LogP contribution in [-0.4, -0.2) is 17.4 Å². The highest BCUT2D eigenvalue weighted by molar-refractivity contribution is 5.97. The average molecular weight is 253 g/mol. The van der Waals surface area contributed by atoms with Crippen LogP contribution in [0, 0.1) is 6.92 Å². The summed E-state index contributed by atoms with van der Waals surface area (Å²) in [5.74, 6) is 0.0314. The molecule has 2 heterocycles. The van der Waals surface area contributed by atoms with Crippen molar-refractivity contribution in [3.05, 3.63) is 48.3 Å². The first-order valence-electron chi connectivity index (χ1n) is 6.32. The van der Waals surface area contributed by atoms with Crippen molar-refractivity contribution in [2.75, 3.05) is 16.8 Å². The Morgan fingerprint density at radius 1 is 1.21 bits per heavy atom. The number of nitrogens with one attached hydrogen (secondary N) is 1. The molecule has 2 aromatic rings. The number of benzene rings is 1. The molecule has 1 aliphatic rings. The van der Waals surface area contributed by atoms with Crippen molar-refractivity contribution in [2.45, 2.75) is 13.3 Å². The SMILES string of the molecule is Cc1ccc(N2CCC(=O)Nc3cnccc32)cc1. The van der Waals surface area contributed by atoms with Gasteiger partial charge < -0.3 is 10.2 Å². The van der Waals surface area contributed by atoms with Crippen LogP contribution in [0.15, 0.2) is 42.7 Å². The summed E-state index contributed by atoms with van der Waals surface area (Å²) >= 11 is 0. The van der Waals surface area contributed by atoms with Gasteiger partial charge in [-0.15, -0.1) is 0 Å². The number of hydrogen-bond donors (Lipinski definition) is 1. The molecule has 0 radical (unpaired) electrons. The number of aryl methyl sites for hydroxylation is 1. The first-order chi connectivity index (χ1) is 9.24. The van der Waals surface area contributed by atoms with Crippen LogP contribution in [0.4, 0.5) is 17.1 Å². The Morgan fingerprint density at radius 3 is 2.79 bits per heavy atom. The summed E-state index contributed by atoms with van der Waals surface area (Å²) in [6, 6.07) is 10.2. The highest BCUT2D eigenvalue weighted by atomic mass is 16.1. The molecule has 4 nitrogen and oxygen atoms in total. The minimum absolute atomic E-state index is 0.0314. The highest BCUT2D eigenvalue weighted by Crippen LogP contribution is 2.33. The topological polar surface area (TPSA) is 45.2 Å². The van der Waals surface area contributed by atoms with Crippen molar-refractivity contribution in [3.63, 3.8) is 0 Å². The van der Waals surface area contributed by atoms with Gasteiger partial charge in [-0.1, -0.05) is 17.7 Å². The molecule has 4 heteroatoms. The Morgan fingerprint density at radius 2 is 2.00 bits per heavy atom. The van der Waals surface area contributed by atoms with Crippen LogP contribution in [0.1, 0.15) is 12.0 Å². The van der Waals surface area contributed by atoms with Gasteiger partial charge in [-0.3, -0.25) is 9.78 Å². The zero-order valence-corrected chi connectivity index (χ0v) is 10.8. The summed E-state index contributed by atoms with van der Waals surface area (Å²) in [5, 5.41) is 2.89. The van der Waals surface area contributed by atoms with E-state index in [0.29, 0.717) is 13.0 Å². The molecule has 0 saturated carbocycles. The molecule has 1 aromatic carbocycles. The molecule has 0 atom stereocenters. The van der Waals surface area contributed by atoms with E-state index < -0.39 is 0 Å². The van der Waals surface area contributed by atoms with E-state index in [1.54, 1.807) is 12.4 Å². The molecule has 19 heavy (non-hydrogen) atoms. The number of hydrogen-bond acceptors (Lipinski definition) is 3. The Labute approximate surface area is 112 Å². The molecule has 1 amide bonds. The molecular formula is C15H15N3O. The lowest BCUT2D eigenvalue weighted by atomic mass is 10.2. The zero-order chi connectivity index (χ0) is 13.2. The number of aromatic nitrogens is 1. The van der Waals surface area contributed by atoms with E-state index in [1.807, 2.05) is 6.07 Å². The molecule has 1 N–H and O–H groups in total. The first kappa shape index (κ1) is 11.7. The van der Waals surface area contributed by atoms with E-state index in [0.717, 1.165) is 17.1 Å². The Hall–Kier alpha value is -2.36. The Bertz CT molecular complexity index is 607. The van der Waals surface area contributed by atoms with Crippen LogP contribution in [0.25, 0.3) is 0 Å². The third-order valence-corrected chi connectivity index (χ3v) is 3.27. The zero-order valence-electron chi connectivity index (χ0n) is 10.8. The van der Waals surface area contributed by atoms with E-state index in [9.17, 15) is 4.79 Å². The maximum absolute atomic E-state index is 11.7. The van der Waals surface area contributed by atoms with Gasteiger partial charge in [0.15, 0.2) is 0 Å². The number of rotatable bonds is 1. The molecule has 1 aliphatic heterocycles. The van der Waals surface area contributed by atoms with Crippen molar-refractivity contribution in [1.29, 1.82) is 0 Å². The molecular weight excluding hydrogens is 238 g/mol. The summed E-state index contributed by atoms with van der Waals surface area (Å²) in [5.41, 5.74) is 4.08. The summed E-state index contributed by atoms with van der Waals surface area (Å²) in [4.78, 5) is 17.9. The van der Waals surface area contributed by atoms with E-state index in [2.05, 4.69) is 46.4 Å². The molecule has 0 saturated heterocycles. The van der Waals surface area contributed by atoms with E-state index >= 15 is 0 Å². The number of amides is 1. The standard InChI is InChI=1S/C15H15N3O/c1-11-2-4-12(5-3-11)18-9-7-15(19)17-13-10-16-8-6-14(13)18/h2-6,8,10H,7,9H2,1H3,(H,17,19). The van der Waals surface area contributed by atoms with Gasteiger partial charge in [0.25, 0.3) is 0 Å². The molecule has 0 aliphatic carbocycles. The summed E-state index contributed by atoms with van der Waals surface area (Å²) in [6.07, 6.45) is 3.92. The molecule has 0 spiro atoms. The Balaban J connectivity index is 2.06. The van der Waals surface area contributed by atoms with Crippen molar-refractivity contribution >= 4 is 23.0 Å². The van der Waals surface area contributed by atoms with Crippen LogP contribution < -0.4 is 10.2 Å². The third kappa shape index (κ3) is 2.29. The van der Waals surface area contributed by atoms with Gasteiger partial charge in [0.05, 0.1) is 17.6 Å². The summed E-state index contributed by atoms with van der Waals surface area (Å²) < 4.78 is 0. The van der Waals surface area contributed by atoms with E-state index in [4.69, 9.17) is 0 Å². The van der Waals surface area contributed by atoms with E-state index in [-0.39, 0.29) is 5.91 Å². The van der Waals surface area contributed by atoms with Gasteiger partial charge in [-0.05, 0) is 25.1 Å². The normalized spacial score (nSPS) is 14.6. The lowest BCUT2D eigenvalue weighted by molar-refractivity contribution is -0.115. The van der Waals surface area contributed by atoms with Crippen LogP contribution in [0.5, 0.6) is 0 Å². The van der Waals surface area contributed by atoms with Crippen LogP contribution in [-0.2, 0) is 4.79 Å². The van der Waals surface area contributed by atoms with Crippen LogP contribution in [0.2, 0.25) is 0 Å².